The maximum absolute atomic E-state index is 12.0. The van der Waals surface area contributed by atoms with Crippen LogP contribution >= 0.6 is 22.9 Å². The molecular formula is C16H16ClNO4S. The number of benzene rings is 1. The zero-order valence-electron chi connectivity index (χ0n) is 12.5. The summed E-state index contributed by atoms with van der Waals surface area (Å²) in [7, 11) is 1.53. The molecule has 2 rings (SSSR count). The highest BCUT2D eigenvalue weighted by atomic mass is 35.5. The lowest BCUT2D eigenvalue weighted by Crippen LogP contribution is -2.13. The van der Waals surface area contributed by atoms with Gasteiger partial charge in [0.05, 0.1) is 16.5 Å². The number of thiophene rings is 1. The Labute approximate surface area is 142 Å². The first-order chi connectivity index (χ1) is 11.0. The van der Waals surface area contributed by atoms with Crippen LogP contribution in [0.15, 0.2) is 30.3 Å². The highest BCUT2D eigenvalue weighted by Gasteiger charge is 2.10. The minimum absolute atomic E-state index is 0.111. The SMILES string of the molecule is COCc1cc(NC(=O)CCc2ccc(Cl)s2)cc(C(=O)O)c1. The average Bonchev–Trinajstić information content (AvgIpc) is 2.91. The molecule has 0 bridgehead atoms. The van der Waals surface area contributed by atoms with Crippen LogP contribution in [0, 0.1) is 0 Å². The van der Waals surface area contributed by atoms with Crippen molar-refractivity contribution in [3.63, 3.8) is 0 Å². The lowest BCUT2D eigenvalue weighted by molar-refractivity contribution is -0.116. The number of anilines is 1. The molecule has 1 heterocycles. The molecule has 0 saturated heterocycles. The summed E-state index contributed by atoms with van der Waals surface area (Å²) < 4.78 is 5.71. The summed E-state index contributed by atoms with van der Waals surface area (Å²) in [5, 5.41) is 11.9. The number of hydrogen-bond acceptors (Lipinski definition) is 4. The van der Waals surface area contributed by atoms with Gasteiger partial charge in [-0.15, -0.1) is 11.3 Å². The molecule has 0 fully saturated rings. The van der Waals surface area contributed by atoms with Crippen molar-refractivity contribution in [2.45, 2.75) is 19.4 Å². The molecule has 0 atom stereocenters. The third-order valence-corrected chi connectivity index (χ3v) is 4.35. The number of ether oxygens (including phenoxy) is 1. The maximum Gasteiger partial charge on any atom is 0.335 e. The number of carbonyl (C=O) groups excluding carboxylic acids is 1. The van der Waals surface area contributed by atoms with Crippen LogP contribution in [-0.2, 0) is 22.6 Å². The highest BCUT2D eigenvalue weighted by molar-refractivity contribution is 7.16. The molecule has 0 aliphatic heterocycles. The number of carbonyl (C=O) groups is 2. The van der Waals surface area contributed by atoms with E-state index in [-0.39, 0.29) is 18.1 Å². The molecular weight excluding hydrogens is 338 g/mol. The number of nitrogens with one attached hydrogen (secondary N) is 1. The average molecular weight is 354 g/mol. The van der Waals surface area contributed by atoms with Gasteiger partial charge in [0.15, 0.2) is 0 Å². The second-order valence-electron chi connectivity index (χ2n) is 4.91. The van der Waals surface area contributed by atoms with Gasteiger partial charge in [-0.3, -0.25) is 4.79 Å². The molecule has 0 aliphatic carbocycles. The van der Waals surface area contributed by atoms with Gasteiger partial charge in [-0.05, 0) is 42.3 Å². The molecule has 0 aliphatic rings. The Morgan fingerprint density at radius 2 is 2.09 bits per heavy atom. The summed E-state index contributed by atoms with van der Waals surface area (Å²) >= 11 is 7.29. The zero-order chi connectivity index (χ0) is 16.8. The first kappa shape index (κ1) is 17.5. The first-order valence-corrected chi connectivity index (χ1v) is 8.07. The van der Waals surface area contributed by atoms with E-state index < -0.39 is 5.97 Å². The summed E-state index contributed by atoms with van der Waals surface area (Å²) in [5.41, 5.74) is 1.25. The Kier molecular flexibility index (Phi) is 6.15. The fraction of sp³-hybridized carbons (Fsp3) is 0.250. The summed E-state index contributed by atoms with van der Waals surface area (Å²) in [6, 6.07) is 8.35. The van der Waals surface area contributed by atoms with E-state index in [1.165, 1.54) is 30.6 Å². The fourth-order valence-corrected chi connectivity index (χ4v) is 3.17. The van der Waals surface area contributed by atoms with Gasteiger partial charge in [-0.25, -0.2) is 4.79 Å². The molecule has 7 heteroatoms. The second-order valence-corrected chi connectivity index (χ2v) is 6.71. The summed E-state index contributed by atoms with van der Waals surface area (Å²) in [5.74, 6) is -1.23. The van der Waals surface area contributed by atoms with E-state index in [0.29, 0.717) is 28.4 Å². The lowest BCUT2D eigenvalue weighted by atomic mass is 10.1. The van der Waals surface area contributed by atoms with E-state index in [1.807, 2.05) is 6.07 Å². The molecule has 1 aromatic carbocycles. The van der Waals surface area contributed by atoms with Crippen molar-refractivity contribution in [1.29, 1.82) is 0 Å². The van der Waals surface area contributed by atoms with Gasteiger partial charge in [0.2, 0.25) is 5.91 Å². The molecule has 2 aromatic rings. The van der Waals surface area contributed by atoms with Gasteiger partial charge in [0.1, 0.15) is 0 Å². The molecule has 1 aromatic heterocycles. The van der Waals surface area contributed by atoms with Crippen LogP contribution in [0.25, 0.3) is 0 Å². The number of methoxy groups -OCH3 is 1. The van der Waals surface area contributed by atoms with E-state index in [9.17, 15) is 9.59 Å². The normalized spacial score (nSPS) is 10.5. The van der Waals surface area contributed by atoms with E-state index in [2.05, 4.69) is 5.32 Å². The number of carboxylic acids is 1. The lowest BCUT2D eigenvalue weighted by Gasteiger charge is -2.09. The zero-order valence-corrected chi connectivity index (χ0v) is 14.0. The largest absolute Gasteiger partial charge is 0.478 e. The van der Waals surface area contributed by atoms with Crippen LogP contribution in [0.3, 0.4) is 0 Å². The Bertz CT molecular complexity index is 714. The number of aryl methyl sites for hydroxylation is 1. The van der Waals surface area contributed by atoms with Crippen LogP contribution in [-0.4, -0.2) is 24.1 Å². The topological polar surface area (TPSA) is 75.6 Å². The minimum Gasteiger partial charge on any atom is -0.478 e. The first-order valence-electron chi connectivity index (χ1n) is 6.88. The molecule has 0 radical (unpaired) electrons. The van der Waals surface area contributed by atoms with Crippen LogP contribution in [0.1, 0.15) is 27.2 Å². The number of amides is 1. The summed E-state index contributed by atoms with van der Waals surface area (Å²) in [6.07, 6.45) is 0.889. The predicted molar refractivity (Wildman–Crippen MR) is 90.4 cm³/mol. The van der Waals surface area contributed by atoms with E-state index >= 15 is 0 Å². The number of rotatable bonds is 7. The molecule has 2 N–H and O–H groups in total. The van der Waals surface area contributed by atoms with Crippen molar-refractivity contribution in [2.24, 2.45) is 0 Å². The third-order valence-electron chi connectivity index (χ3n) is 3.06. The minimum atomic E-state index is -1.05. The highest BCUT2D eigenvalue weighted by Crippen LogP contribution is 2.23. The van der Waals surface area contributed by atoms with Gasteiger partial charge < -0.3 is 15.2 Å². The molecule has 0 spiro atoms. The van der Waals surface area contributed by atoms with Crippen LogP contribution in [0.4, 0.5) is 5.69 Å². The van der Waals surface area contributed by atoms with Gasteiger partial charge in [-0.2, -0.15) is 0 Å². The number of aromatic carboxylic acids is 1. The Balaban J connectivity index is 2.02. The molecule has 1 amide bonds. The monoisotopic (exact) mass is 353 g/mol. The standard InChI is InChI=1S/C16H16ClNO4S/c1-22-9-10-6-11(16(20)21)8-12(7-10)18-15(19)5-3-13-2-4-14(17)23-13/h2,4,6-8H,3,5,9H2,1H3,(H,18,19)(H,20,21). The number of halogens is 1. The van der Waals surface area contributed by atoms with Crippen molar-refractivity contribution >= 4 is 40.5 Å². The quantitative estimate of drug-likeness (QED) is 0.793. The van der Waals surface area contributed by atoms with Crippen molar-refractivity contribution in [3.05, 3.63) is 50.7 Å². The molecule has 5 nitrogen and oxygen atoms in total. The van der Waals surface area contributed by atoms with Crippen molar-refractivity contribution < 1.29 is 19.4 Å². The van der Waals surface area contributed by atoms with Gasteiger partial charge in [0, 0.05) is 24.1 Å². The van der Waals surface area contributed by atoms with Crippen molar-refractivity contribution in [3.8, 4) is 0 Å². The Morgan fingerprint density at radius 3 is 2.70 bits per heavy atom. The van der Waals surface area contributed by atoms with Gasteiger partial charge >= 0.3 is 5.97 Å². The molecule has 23 heavy (non-hydrogen) atoms. The smallest absolute Gasteiger partial charge is 0.335 e. The second kappa shape index (κ2) is 8.10. The van der Waals surface area contributed by atoms with Gasteiger partial charge in [-0.1, -0.05) is 11.6 Å². The molecule has 0 unspecified atom stereocenters. The summed E-state index contributed by atoms with van der Waals surface area (Å²) in [6.45, 7) is 0.275. The molecule has 0 saturated carbocycles. The van der Waals surface area contributed by atoms with Crippen molar-refractivity contribution in [2.75, 3.05) is 12.4 Å². The van der Waals surface area contributed by atoms with Crippen LogP contribution in [0.2, 0.25) is 4.34 Å². The fourth-order valence-electron chi connectivity index (χ4n) is 2.08. The maximum atomic E-state index is 12.0. The third kappa shape index (κ3) is 5.35. The van der Waals surface area contributed by atoms with E-state index in [1.54, 1.807) is 12.1 Å². The Hall–Kier alpha value is -1.89. The number of carboxylic acid groups (broad SMARTS) is 1. The van der Waals surface area contributed by atoms with Crippen LogP contribution < -0.4 is 5.32 Å². The van der Waals surface area contributed by atoms with Crippen molar-refractivity contribution in [1.82, 2.24) is 0 Å². The number of hydrogen-bond donors (Lipinski definition) is 2. The van der Waals surface area contributed by atoms with E-state index in [4.69, 9.17) is 21.4 Å². The van der Waals surface area contributed by atoms with E-state index in [0.717, 1.165) is 4.88 Å². The van der Waals surface area contributed by atoms with Gasteiger partial charge in [0.25, 0.3) is 0 Å². The predicted octanol–water partition coefficient (Wildman–Crippen LogP) is 3.82. The Morgan fingerprint density at radius 1 is 1.30 bits per heavy atom. The van der Waals surface area contributed by atoms with Crippen LogP contribution in [0.5, 0.6) is 0 Å². The summed E-state index contributed by atoms with van der Waals surface area (Å²) in [4.78, 5) is 24.2. The molecule has 122 valence electrons.